The van der Waals surface area contributed by atoms with Gasteiger partial charge in [0.2, 0.25) is 0 Å². The Hall–Kier alpha value is -3.08. The van der Waals surface area contributed by atoms with Crippen LogP contribution in [0.4, 0.5) is 0 Å². The molecule has 0 aliphatic heterocycles. The van der Waals surface area contributed by atoms with E-state index in [1.807, 2.05) is 73.1 Å². The van der Waals surface area contributed by atoms with Gasteiger partial charge in [-0.05, 0) is 49.6 Å². The van der Waals surface area contributed by atoms with Crippen molar-refractivity contribution in [3.8, 4) is 11.4 Å². The van der Waals surface area contributed by atoms with Crippen molar-refractivity contribution in [1.29, 1.82) is 0 Å². The number of ether oxygens (including phenoxy) is 1. The molecular weight excluding hydrogens is 350 g/mol. The molecule has 0 atom stereocenters. The number of hydrogen-bond acceptors (Lipinski definition) is 3. The highest BCUT2D eigenvalue weighted by molar-refractivity contribution is 5.77. The van der Waals surface area contributed by atoms with Crippen LogP contribution in [0.15, 0.2) is 54.6 Å². The summed E-state index contributed by atoms with van der Waals surface area (Å²) in [5.41, 5.74) is 5.21. The van der Waals surface area contributed by atoms with E-state index >= 15 is 0 Å². The highest BCUT2D eigenvalue weighted by Crippen LogP contribution is 2.19. The van der Waals surface area contributed by atoms with Gasteiger partial charge in [-0.2, -0.15) is 5.10 Å². The number of benzene rings is 2. The Kier molecular flexibility index (Phi) is 6.14. The van der Waals surface area contributed by atoms with Gasteiger partial charge in [-0.1, -0.05) is 44.2 Å². The first-order valence-electron chi connectivity index (χ1n) is 9.55. The molecule has 1 N–H and O–H groups in total. The zero-order valence-electron chi connectivity index (χ0n) is 16.9. The first-order valence-corrected chi connectivity index (χ1v) is 9.55. The van der Waals surface area contributed by atoms with Crippen molar-refractivity contribution in [3.05, 3.63) is 77.1 Å². The third kappa shape index (κ3) is 4.60. The van der Waals surface area contributed by atoms with Crippen LogP contribution in [0.1, 0.15) is 42.3 Å². The van der Waals surface area contributed by atoms with E-state index in [4.69, 9.17) is 4.74 Å². The van der Waals surface area contributed by atoms with Crippen molar-refractivity contribution in [3.63, 3.8) is 0 Å². The molecule has 3 rings (SSSR count). The summed E-state index contributed by atoms with van der Waals surface area (Å²) in [5.74, 6) is 1.02. The number of aryl methyl sites for hydroxylation is 1. The fourth-order valence-electron chi connectivity index (χ4n) is 3.09. The van der Waals surface area contributed by atoms with E-state index in [0.29, 0.717) is 18.2 Å². The summed E-state index contributed by atoms with van der Waals surface area (Å²) in [4.78, 5) is 12.2. The molecule has 1 aromatic heterocycles. The van der Waals surface area contributed by atoms with Crippen molar-refractivity contribution < 1.29 is 9.53 Å². The minimum atomic E-state index is -0.154. The Morgan fingerprint density at radius 3 is 2.39 bits per heavy atom. The first kappa shape index (κ1) is 19.7. The van der Waals surface area contributed by atoms with Crippen molar-refractivity contribution in [2.75, 3.05) is 6.61 Å². The summed E-state index contributed by atoms with van der Waals surface area (Å²) in [6.45, 7) is 8.69. The van der Waals surface area contributed by atoms with Crippen LogP contribution in [0.3, 0.4) is 0 Å². The molecule has 5 heteroatoms. The van der Waals surface area contributed by atoms with Gasteiger partial charge in [0, 0.05) is 17.8 Å². The van der Waals surface area contributed by atoms with E-state index in [1.54, 1.807) is 0 Å². The second-order valence-electron chi connectivity index (χ2n) is 7.19. The number of hydrogen-bond donors (Lipinski definition) is 1. The molecule has 0 radical (unpaired) electrons. The number of amides is 1. The van der Waals surface area contributed by atoms with Gasteiger partial charge >= 0.3 is 0 Å². The van der Waals surface area contributed by atoms with Crippen molar-refractivity contribution in [2.45, 2.75) is 40.2 Å². The average Bonchev–Trinajstić information content (AvgIpc) is 2.99. The average molecular weight is 377 g/mol. The molecule has 0 aliphatic carbocycles. The number of nitrogens with zero attached hydrogens (tertiary/aromatic N) is 2. The topological polar surface area (TPSA) is 56.2 Å². The van der Waals surface area contributed by atoms with E-state index in [1.165, 1.54) is 5.56 Å². The van der Waals surface area contributed by atoms with Gasteiger partial charge in [-0.15, -0.1) is 0 Å². The Bertz CT molecular complexity index is 928. The normalized spacial score (nSPS) is 10.9. The minimum Gasteiger partial charge on any atom is -0.484 e. The maximum absolute atomic E-state index is 12.2. The van der Waals surface area contributed by atoms with E-state index in [-0.39, 0.29) is 12.5 Å². The van der Waals surface area contributed by atoms with Gasteiger partial charge in [0.15, 0.2) is 6.61 Å². The Labute approximate surface area is 166 Å². The fraction of sp³-hybridized carbons (Fsp3) is 0.304. The molecule has 5 nitrogen and oxygen atoms in total. The number of para-hydroxylation sites is 1. The predicted octanol–water partition coefficient (Wildman–Crippen LogP) is 4.31. The van der Waals surface area contributed by atoms with E-state index in [9.17, 15) is 4.79 Å². The van der Waals surface area contributed by atoms with Crippen LogP contribution in [0, 0.1) is 13.8 Å². The van der Waals surface area contributed by atoms with E-state index in [0.717, 1.165) is 22.6 Å². The lowest BCUT2D eigenvalue weighted by Gasteiger charge is -2.10. The fourth-order valence-corrected chi connectivity index (χ4v) is 3.09. The van der Waals surface area contributed by atoms with Crippen LogP contribution in [-0.2, 0) is 11.3 Å². The number of nitrogens with one attached hydrogen (secondary N) is 1. The zero-order chi connectivity index (χ0) is 20.1. The van der Waals surface area contributed by atoms with Crippen LogP contribution in [0.25, 0.3) is 5.69 Å². The second kappa shape index (κ2) is 8.74. The number of carbonyl (C=O) groups is 1. The highest BCUT2D eigenvalue weighted by Gasteiger charge is 2.14. The second-order valence-corrected chi connectivity index (χ2v) is 7.19. The van der Waals surface area contributed by atoms with Crippen LogP contribution >= 0.6 is 0 Å². The Balaban J connectivity index is 1.57. The van der Waals surface area contributed by atoms with Crippen LogP contribution < -0.4 is 10.1 Å². The van der Waals surface area contributed by atoms with Gasteiger partial charge in [0.25, 0.3) is 5.91 Å². The molecule has 28 heavy (non-hydrogen) atoms. The molecule has 1 heterocycles. The van der Waals surface area contributed by atoms with Crippen LogP contribution in [-0.4, -0.2) is 22.3 Å². The maximum atomic E-state index is 12.2. The van der Waals surface area contributed by atoms with E-state index < -0.39 is 0 Å². The minimum absolute atomic E-state index is 0.00799. The van der Waals surface area contributed by atoms with Crippen molar-refractivity contribution in [1.82, 2.24) is 15.1 Å². The molecule has 2 aromatic carbocycles. The monoisotopic (exact) mass is 377 g/mol. The SMILES string of the molecule is Cc1nn(-c2ccccc2)c(C)c1CNC(=O)COc1ccc(C(C)C)cc1. The molecule has 0 aliphatic rings. The Morgan fingerprint density at radius 2 is 1.75 bits per heavy atom. The number of aromatic nitrogens is 2. The lowest BCUT2D eigenvalue weighted by Crippen LogP contribution is -2.28. The summed E-state index contributed by atoms with van der Waals surface area (Å²) in [7, 11) is 0. The van der Waals surface area contributed by atoms with Gasteiger partial charge in [0.05, 0.1) is 11.4 Å². The predicted molar refractivity (Wildman–Crippen MR) is 111 cm³/mol. The van der Waals surface area contributed by atoms with Crippen molar-refractivity contribution >= 4 is 5.91 Å². The smallest absolute Gasteiger partial charge is 0.258 e. The number of rotatable bonds is 7. The Morgan fingerprint density at radius 1 is 1.07 bits per heavy atom. The lowest BCUT2D eigenvalue weighted by molar-refractivity contribution is -0.123. The molecular formula is C23H27N3O2. The third-order valence-electron chi connectivity index (χ3n) is 4.82. The van der Waals surface area contributed by atoms with Crippen LogP contribution in [0.2, 0.25) is 0 Å². The molecule has 0 spiro atoms. The molecule has 146 valence electrons. The summed E-state index contributed by atoms with van der Waals surface area (Å²) in [6.07, 6.45) is 0. The lowest BCUT2D eigenvalue weighted by atomic mass is 10.0. The summed E-state index contributed by atoms with van der Waals surface area (Å²) < 4.78 is 7.50. The summed E-state index contributed by atoms with van der Waals surface area (Å²) >= 11 is 0. The molecule has 1 amide bonds. The first-order chi connectivity index (χ1) is 13.5. The summed E-state index contributed by atoms with van der Waals surface area (Å²) in [5, 5.41) is 7.54. The van der Waals surface area contributed by atoms with Gasteiger partial charge in [0.1, 0.15) is 5.75 Å². The quantitative estimate of drug-likeness (QED) is 0.668. The van der Waals surface area contributed by atoms with Gasteiger partial charge in [-0.25, -0.2) is 4.68 Å². The van der Waals surface area contributed by atoms with Gasteiger partial charge < -0.3 is 10.1 Å². The maximum Gasteiger partial charge on any atom is 0.258 e. The zero-order valence-corrected chi connectivity index (χ0v) is 16.9. The van der Waals surface area contributed by atoms with Crippen LogP contribution in [0.5, 0.6) is 5.75 Å². The molecule has 0 bridgehead atoms. The largest absolute Gasteiger partial charge is 0.484 e. The molecule has 0 saturated carbocycles. The molecule has 0 saturated heterocycles. The summed E-state index contributed by atoms with van der Waals surface area (Å²) in [6, 6.07) is 17.8. The van der Waals surface area contributed by atoms with Gasteiger partial charge in [-0.3, -0.25) is 4.79 Å². The number of carbonyl (C=O) groups excluding carboxylic acids is 1. The van der Waals surface area contributed by atoms with Crippen molar-refractivity contribution in [2.24, 2.45) is 0 Å². The van der Waals surface area contributed by atoms with E-state index in [2.05, 4.69) is 24.3 Å². The molecule has 0 fully saturated rings. The molecule has 0 unspecified atom stereocenters. The molecule has 3 aromatic rings. The third-order valence-corrected chi connectivity index (χ3v) is 4.82. The standard InChI is InChI=1S/C23H27N3O2/c1-16(2)19-10-12-21(13-11-19)28-15-23(27)24-14-22-17(3)25-26(18(22)4)20-8-6-5-7-9-20/h5-13,16H,14-15H2,1-4H3,(H,24,27). The highest BCUT2D eigenvalue weighted by atomic mass is 16.5.